The standard InChI is InChI=1S/C12H12ClF3O3/c13-10-3-1-8(2-4-10)7-9(11(17)18)5-6-19-12(14,15)16/h1-4,9H,5-7H2,(H,17,18). The van der Waals surface area contributed by atoms with Crippen molar-refractivity contribution in [3.63, 3.8) is 0 Å². The van der Waals surface area contributed by atoms with Gasteiger partial charge in [0.25, 0.3) is 0 Å². The molecule has 1 unspecified atom stereocenters. The Morgan fingerprint density at radius 1 is 1.32 bits per heavy atom. The summed E-state index contributed by atoms with van der Waals surface area (Å²) >= 11 is 5.68. The molecule has 0 saturated heterocycles. The molecule has 0 saturated carbocycles. The van der Waals surface area contributed by atoms with Gasteiger partial charge in [-0.25, -0.2) is 0 Å². The summed E-state index contributed by atoms with van der Waals surface area (Å²) in [4.78, 5) is 11.0. The summed E-state index contributed by atoms with van der Waals surface area (Å²) in [6, 6.07) is 6.48. The number of carboxylic acid groups (broad SMARTS) is 1. The fraction of sp³-hybridized carbons (Fsp3) is 0.417. The fourth-order valence-electron chi connectivity index (χ4n) is 1.53. The molecule has 3 nitrogen and oxygen atoms in total. The number of hydrogen-bond donors (Lipinski definition) is 1. The average Bonchev–Trinajstić information content (AvgIpc) is 2.28. The monoisotopic (exact) mass is 296 g/mol. The van der Waals surface area contributed by atoms with Gasteiger partial charge < -0.3 is 5.11 Å². The molecule has 0 aliphatic carbocycles. The summed E-state index contributed by atoms with van der Waals surface area (Å²) in [7, 11) is 0. The Morgan fingerprint density at radius 2 is 1.89 bits per heavy atom. The molecule has 0 bridgehead atoms. The Kier molecular flexibility index (Phi) is 5.62. The number of carbonyl (C=O) groups is 1. The number of alkyl halides is 3. The van der Waals surface area contributed by atoms with Crippen molar-refractivity contribution in [1.29, 1.82) is 0 Å². The molecule has 0 radical (unpaired) electrons. The molecule has 1 aromatic rings. The van der Waals surface area contributed by atoms with Gasteiger partial charge in [0.2, 0.25) is 0 Å². The van der Waals surface area contributed by atoms with Gasteiger partial charge in [0.1, 0.15) is 0 Å². The van der Waals surface area contributed by atoms with Crippen LogP contribution in [0.5, 0.6) is 0 Å². The zero-order valence-electron chi connectivity index (χ0n) is 9.78. The largest absolute Gasteiger partial charge is 0.522 e. The van der Waals surface area contributed by atoms with E-state index in [1.54, 1.807) is 24.3 Å². The smallest absolute Gasteiger partial charge is 0.481 e. The van der Waals surface area contributed by atoms with Crippen LogP contribution in [-0.4, -0.2) is 24.0 Å². The van der Waals surface area contributed by atoms with Crippen molar-refractivity contribution in [3.8, 4) is 0 Å². The van der Waals surface area contributed by atoms with Crippen molar-refractivity contribution < 1.29 is 27.8 Å². The normalized spacial score (nSPS) is 13.3. The van der Waals surface area contributed by atoms with Crippen LogP contribution >= 0.6 is 11.6 Å². The highest BCUT2D eigenvalue weighted by atomic mass is 35.5. The highest BCUT2D eigenvalue weighted by Gasteiger charge is 2.30. The fourth-order valence-corrected chi connectivity index (χ4v) is 1.66. The van der Waals surface area contributed by atoms with Gasteiger partial charge in [-0.1, -0.05) is 23.7 Å². The second kappa shape index (κ2) is 6.77. The number of halogens is 4. The quantitative estimate of drug-likeness (QED) is 0.874. The van der Waals surface area contributed by atoms with Crippen molar-refractivity contribution in [2.24, 2.45) is 5.92 Å². The second-order valence-corrected chi connectivity index (χ2v) is 4.39. The van der Waals surface area contributed by atoms with Crippen LogP contribution in [0.4, 0.5) is 13.2 Å². The minimum Gasteiger partial charge on any atom is -0.481 e. The number of rotatable bonds is 6. The maximum Gasteiger partial charge on any atom is 0.522 e. The molecule has 19 heavy (non-hydrogen) atoms. The number of ether oxygens (including phenoxy) is 1. The summed E-state index contributed by atoms with van der Waals surface area (Å²) < 4.78 is 39.0. The number of hydrogen-bond acceptors (Lipinski definition) is 2. The first-order valence-electron chi connectivity index (χ1n) is 5.46. The molecule has 0 heterocycles. The van der Waals surface area contributed by atoms with Crippen molar-refractivity contribution >= 4 is 17.6 Å². The molecule has 0 aromatic heterocycles. The first-order valence-corrected chi connectivity index (χ1v) is 5.83. The lowest BCUT2D eigenvalue weighted by atomic mass is 9.97. The van der Waals surface area contributed by atoms with E-state index in [-0.39, 0.29) is 12.8 Å². The second-order valence-electron chi connectivity index (χ2n) is 3.95. The Balaban J connectivity index is 2.53. The third-order valence-electron chi connectivity index (χ3n) is 2.48. The van der Waals surface area contributed by atoms with E-state index in [0.29, 0.717) is 10.6 Å². The van der Waals surface area contributed by atoms with E-state index in [0.717, 1.165) is 0 Å². The van der Waals surface area contributed by atoms with Gasteiger partial charge in [-0.15, -0.1) is 13.2 Å². The average molecular weight is 297 g/mol. The number of carboxylic acids is 1. The van der Waals surface area contributed by atoms with Crippen molar-refractivity contribution in [3.05, 3.63) is 34.9 Å². The summed E-state index contributed by atoms with van der Waals surface area (Å²) in [6.45, 7) is -0.673. The van der Waals surface area contributed by atoms with Gasteiger partial charge in [-0.3, -0.25) is 9.53 Å². The molecule has 7 heteroatoms. The van der Waals surface area contributed by atoms with Crippen LogP contribution < -0.4 is 0 Å². The molecule has 0 aliphatic heterocycles. The zero-order chi connectivity index (χ0) is 14.5. The Labute approximate surface area is 112 Å². The third-order valence-corrected chi connectivity index (χ3v) is 2.73. The van der Waals surface area contributed by atoms with Crippen LogP contribution in [0, 0.1) is 5.92 Å². The van der Waals surface area contributed by atoms with Crippen molar-refractivity contribution in [2.75, 3.05) is 6.61 Å². The van der Waals surface area contributed by atoms with E-state index in [4.69, 9.17) is 16.7 Å². The van der Waals surface area contributed by atoms with Crippen LogP contribution in [0.25, 0.3) is 0 Å². The Hall–Kier alpha value is -1.27. The number of aliphatic carboxylic acids is 1. The highest BCUT2D eigenvalue weighted by molar-refractivity contribution is 6.30. The zero-order valence-corrected chi connectivity index (χ0v) is 10.5. The highest BCUT2D eigenvalue weighted by Crippen LogP contribution is 2.20. The van der Waals surface area contributed by atoms with Gasteiger partial charge >= 0.3 is 12.3 Å². The lowest BCUT2D eigenvalue weighted by Crippen LogP contribution is -2.21. The van der Waals surface area contributed by atoms with Crippen LogP contribution in [-0.2, 0) is 16.0 Å². The lowest BCUT2D eigenvalue weighted by molar-refractivity contribution is -0.325. The molecule has 0 amide bonds. The van der Waals surface area contributed by atoms with Crippen molar-refractivity contribution in [2.45, 2.75) is 19.2 Å². The molecule has 0 fully saturated rings. The van der Waals surface area contributed by atoms with Crippen LogP contribution in [0.15, 0.2) is 24.3 Å². The summed E-state index contributed by atoms with van der Waals surface area (Å²) in [5.74, 6) is -2.08. The lowest BCUT2D eigenvalue weighted by Gasteiger charge is -2.13. The third kappa shape index (κ3) is 6.45. The minimum atomic E-state index is -4.73. The molecule has 1 aromatic carbocycles. The molecule has 1 atom stereocenters. The minimum absolute atomic E-state index is 0.133. The molecule has 0 aliphatic rings. The van der Waals surface area contributed by atoms with E-state index in [1.807, 2.05) is 0 Å². The first-order chi connectivity index (χ1) is 8.78. The van der Waals surface area contributed by atoms with Gasteiger partial charge in [0.05, 0.1) is 12.5 Å². The first kappa shape index (κ1) is 15.8. The van der Waals surface area contributed by atoms with E-state index < -0.39 is 24.9 Å². The van der Waals surface area contributed by atoms with E-state index in [9.17, 15) is 18.0 Å². The summed E-state index contributed by atoms with van der Waals surface area (Å²) in [6.07, 6.45) is -4.81. The van der Waals surface area contributed by atoms with Crippen LogP contribution in [0.1, 0.15) is 12.0 Å². The predicted molar refractivity (Wildman–Crippen MR) is 62.9 cm³/mol. The van der Waals surface area contributed by atoms with Crippen LogP contribution in [0.2, 0.25) is 5.02 Å². The predicted octanol–water partition coefficient (Wildman–Crippen LogP) is 3.51. The van der Waals surface area contributed by atoms with Crippen LogP contribution in [0.3, 0.4) is 0 Å². The van der Waals surface area contributed by atoms with E-state index in [1.165, 1.54) is 0 Å². The molecular formula is C12H12ClF3O3. The molecule has 1 rings (SSSR count). The Bertz CT molecular complexity index is 417. The topological polar surface area (TPSA) is 46.5 Å². The summed E-state index contributed by atoms with van der Waals surface area (Å²) in [5.41, 5.74) is 0.698. The van der Waals surface area contributed by atoms with Gasteiger partial charge in [0.15, 0.2) is 0 Å². The molecular weight excluding hydrogens is 285 g/mol. The Morgan fingerprint density at radius 3 is 2.37 bits per heavy atom. The molecule has 1 N–H and O–H groups in total. The van der Waals surface area contributed by atoms with Gasteiger partial charge in [-0.2, -0.15) is 0 Å². The van der Waals surface area contributed by atoms with Crippen molar-refractivity contribution in [1.82, 2.24) is 0 Å². The molecule has 0 spiro atoms. The SMILES string of the molecule is O=C(O)C(CCOC(F)(F)F)Cc1ccc(Cl)cc1. The van der Waals surface area contributed by atoms with E-state index >= 15 is 0 Å². The van der Waals surface area contributed by atoms with Gasteiger partial charge in [-0.05, 0) is 30.5 Å². The van der Waals surface area contributed by atoms with E-state index in [2.05, 4.69) is 4.74 Å². The maximum atomic E-state index is 11.8. The molecule has 106 valence electrons. The summed E-state index contributed by atoms with van der Waals surface area (Å²) in [5, 5.41) is 9.47. The number of benzene rings is 1. The maximum absolute atomic E-state index is 11.8. The van der Waals surface area contributed by atoms with Gasteiger partial charge in [0, 0.05) is 5.02 Å².